The Morgan fingerprint density at radius 2 is 1.83 bits per heavy atom. The normalized spacial score (nSPS) is 26.0. The molecule has 7 nitrogen and oxygen atoms in total. The minimum absolute atomic E-state index is 0.00737. The third kappa shape index (κ3) is 4.23. The third-order valence-electron chi connectivity index (χ3n) is 7.01. The SMILES string of the molecule is O=C(Nc1ccc(F)c(F)c1)c1ccc(Cl)c(S(=O)(=O)[C@H]2C3CCC2C[C@](O)(c2ncc[nH]2)C3)c1. The number of benzene rings is 2. The maximum absolute atomic E-state index is 13.8. The van der Waals surface area contributed by atoms with E-state index in [2.05, 4.69) is 15.3 Å². The number of imidazole rings is 1. The molecule has 0 saturated heterocycles. The third-order valence-corrected chi connectivity index (χ3v) is 9.89. The van der Waals surface area contributed by atoms with E-state index in [0.29, 0.717) is 18.7 Å². The number of aliphatic hydroxyl groups is 1. The number of sulfone groups is 1. The Morgan fingerprint density at radius 1 is 1.11 bits per heavy atom. The molecule has 11 heteroatoms. The number of anilines is 1. The molecule has 2 fully saturated rings. The minimum Gasteiger partial charge on any atom is -0.382 e. The number of carbonyl (C=O) groups is 1. The summed E-state index contributed by atoms with van der Waals surface area (Å²) in [6, 6.07) is 6.82. The summed E-state index contributed by atoms with van der Waals surface area (Å²) in [5.41, 5.74) is -1.19. The number of fused-ring (bicyclic) bond motifs is 2. The van der Waals surface area contributed by atoms with Crippen molar-refractivity contribution in [1.82, 2.24) is 9.97 Å². The Hall–Kier alpha value is -2.82. The van der Waals surface area contributed by atoms with E-state index in [9.17, 15) is 27.1 Å². The minimum atomic E-state index is -3.95. The number of carbonyl (C=O) groups excluding carboxylic acids is 1. The van der Waals surface area contributed by atoms with E-state index in [1.54, 1.807) is 12.4 Å². The fourth-order valence-electron chi connectivity index (χ4n) is 5.54. The summed E-state index contributed by atoms with van der Waals surface area (Å²) in [6.07, 6.45) is 4.95. The highest BCUT2D eigenvalue weighted by Crippen LogP contribution is 2.53. The van der Waals surface area contributed by atoms with Crippen LogP contribution < -0.4 is 5.32 Å². The molecule has 2 aliphatic rings. The maximum atomic E-state index is 13.8. The predicted octanol–water partition coefficient (Wildman–Crippen LogP) is 4.44. The lowest BCUT2D eigenvalue weighted by Crippen LogP contribution is -2.45. The number of aromatic nitrogens is 2. The second-order valence-corrected chi connectivity index (χ2v) is 11.7. The number of amides is 1. The molecule has 3 N–H and O–H groups in total. The van der Waals surface area contributed by atoms with E-state index in [0.717, 1.165) is 12.1 Å². The van der Waals surface area contributed by atoms with Gasteiger partial charge in [0.15, 0.2) is 21.5 Å². The van der Waals surface area contributed by atoms with Crippen LogP contribution in [0.1, 0.15) is 41.9 Å². The van der Waals surface area contributed by atoms with Crippen molar-refractivity contribution < 1.29 is 27.1 Å². The molecule has 2 bridgehead atoms. The van der Waals surface area contributed by atoms with Crippen molar-refractivity contribution >= 4 is 33.0 Å². The highest BCUT2D eigenvalue weighted by atomic mass is 35.5. The van der Waals surface area contributed by atoms with Crippen molar-refractivity contribution in [1.29, 1.82) is 0 Å². The van der Waals surface area contributed by atoms with E-state index in [-0.39, 0.29) is 45.8 Å². The smallest absolute Gasteiger partial charge is 0.255 e. The average molecular weight is 522 g/mol. The van der Waals surface area contributed by atoms with Gasteiger partial charge >= 0.3 is 0 Å². The summed E-state index contributed by atoms with van der Waals surface area (Å²) in [4.78, 5) is 19.7. The van der Waals surface area contributed by atoms with Gasteiger partial charge in [-0.3, -0.25) is 4.79 Å². The van der Waals surface area contributed by atoms with Crippen LogP contribution in [0, 0.1) is 23.5 Å². The van der Waals surface area contributed by atoms with Gasteiger partial charge in [-0.15, -0.1) is 0 Å². The first-order valence-electron chi connectivity index (χ1n) is 11.1. The predicted molar refractivity (Wildman–Crippen MR) is 125 cm³/mol. The van der Waals surface area contributed by atoms with Gasteiger partial charge in [-0.2, -0.15) is 0 Å². The van der Waals surface area contributed by atoms with Gasteiger partial charge in [-0.05, 0) is 67.9 Å². The molecule has 1 amide bonds. The van der Waals surface area contributed by atoms with Crippen LogP contribution in [0.25, 0.3) is 0 Å². The Morgan fingerprint density at radius 3 is 2.46 bits per heavy atom. The van der Waals surface area contributed by atoms with Crippen molar-refractivity contribution in [2.75, 3.05) is 5.32 Å². The molecule has 0 aliphatic heterocycles. The van der Waals surface area contributed by atoms with E-state index in [1.807, 2.05) is 0 Å². The zero-order chi connectivity index (χ0) is 25.0. The Labute approximate surface area is 205 Å². The summed E-state index contributed by atoms with van der Waals surface area (Å²) in [7, 11) is -3.95. The average Bonchev–Trinajstić information content (AvgIpc) is 3.45. The fourth-order valence-corrected chi connectivity index (χ4v) is 8.38. The lowest BCUT2D eigenvalue weighted by molar-refractivity contribution is -0.0310. The second-order valence-electron chi connectivity index (χ2n) is 9.21. The highest BCUT2D eigenvalue weighted by Gasteiger charge is 2.55. The van der Waals surface area contributed by atoms with E-state index < -0.39 is 38.2 Å². The van der Waals surface area contributed by atoms with Gasteiger partial charge in [-0.1, -0.05) is 11.6 Å². The lowest BCUT2D eigenvalue weighted by Gasteiger charge is -2.39. The van der Waals surface area contributed by atoms with E-state index in [4.69, 9.17) is 11.6 Å². The number of rotatable bonds is 5. The number of nitrogens with one attached hydrogen (secondary N) is 2. The Balaban J connectivity index is 1.42. The maximum Gasteiger partial charge on any atom is 0.255 e. The number of aromatic amines is 1. The molecule has 1 heterocycles. The standard InChI is InChI=1S/C24H22ClF2N3O4S/c25-17-5-3-13(22(31)30-16-4-6-18(26)19(27)10-16)9-20(17)35(33,34)21-14-1-2-15(21)12-24(32,11-14)23-28-7-8-29-23/h3-10,14-15,21,32H,1-2,11-12H2,(H,28,29)(H,30,31)/t14?,15?,21-,24-. The lowest BCUT2D eigenvalue weighted by atomic mass is 9.76. The molecule has 2 saturated carbocycles. The molecule has 0 spiro atoms. The first-order chi connectivity index (χ1) is 16.6. The van der Waals surface area contributed by atoms with Crippen molar-refractivity contribution in [2.45, 2.75) is 41.4 Å². The molecule has 2 aliphatic carbocycles. The molecule has 35 heavy (non-hydrogen) atoms. The summed E-state index contributed by atoms with van der Waals surface area (Å²) in [6.45, 7) is 0. The fraction of sp³-hybridized carbons (Fsp3) is 0.333. The van der Waals surface area contributed by atoms with Crippen LogP contribution in [0.4, 0.5) is 14.5 Å². The molecule has 1 aromatic heterocycles. The second kappa shape index (κ2) is 8.69. The van der Waals surface area contributed by atoms with Gasteiger partial charge in [0, 0.05) is 29.7 Å². The van der Waals surface area contributed by atoms with Crippen molar-refractivity contribution in [3.8, 4) is 0 Å². The number of hydrogen-bond donors (Lipinski definition) is 3. The molecule has 2 atom stereocenters. The molecule has 0 radical (unpaired) electrons. The summed E-state index contributed by atoms with van der Waals surface area (Å²) in [5.74, 6) is -3.04. The molecule has 2 unspecified atom stereocenters. The monoisotopic (exact) mass is 521 g/mol. The van der Waals surface area contributed by atoms with Crippen molar-refractivity contribution in [3.05, 3.63) is 76.8 Å². The van der Waals surface area contributed by atoms with Crippen LogP contribution in [0.3, 0.4) is 0 Å². The Bertz CT molecular complexity index is 1380. The van der Waals surface area contributed by atoms with Gasteiger partial charge in [0.25, 0.3) is 5.91 Å². The number of nitrogens with zero attached hydrogens (tertiary/aromatic N) is 1. The van der Waals surface area contributed by atoms with Crippen molar-refractivity contribution in [2.24, 2.45) is 11.8 Å². The number of H-pyrrole nitrogens is 1. The van der Waals surface area contributed by atoms with Crippen LogP contribution in [0.2, 0.25) is 5.02 Å². The van der Waals surface area contributed by atoms with Gasteiger partial charge < -0.3 is 15.4 Å². The summed E-state index contributed by atoms with van der Waals surface area (Å²) >= 11 is 6.29. The first kappa shape index (κ1) is 23.9. The topological polar surface area (TPSA) is 112 Å². The molecular formula is C24H22ClF2N3O4S. The molecular weight excluding hydrogens is 500 g/mol. The van der Waals surface area contributed by atoms with Gasteiger partial charge in [-0.25, -0.2) is 22.2 Å². The number of halogens is 3. The van der Waals surface area contributed by atoms with Gasteiger partial charge in [0.2, 0.25) is 0 Å². The summed E-state index contributed by atoms with van der Waals surface area (Å²) in [5, 5.41) is 12.9. The van der Waals surface area contributed by atoms with Crippen LogP contribution in [0.5, 0.6) is 0 Å². The largest absolute Gasteiger partial charge is 0.382 e. The first-order valence-corrected chi connectivity index (χ1v) is 13.0. The molecule has 2 aromatic carbocycles. The zero-order valence-electron chi connectivity index (χ0n) is 18.3. The summed E-state index contributed by atoms with van der Waals surface area (Å²) < 4.78 is 54.2. The van der Waals surface area contributed by atoms with E-state index >= 15 is 0 Å². The quantitative estimate of drug-likeness (QED) is 0.459. The molecule has 5 rings (SSSR count). The van der Waals surface area contributed by atoms with Crippen LogP contribution >= 0.6 is 11.6 Å². The zero-order valence-corrected chi connectivity index (χ0v) is 19.9. The van der Waals surface area contributed by atoms with E-state index in [1.165, 1.54) is 24.3 Å². The van der Waals surface area contributed by atoms with Crippen LogP contribution in [0.15, 0.2) is 53.7 Å². The van der Waals surface area contributed by atoms with Crippen LogP contribution in [-0.2, 0) is 15.4 Å². The molecule has 184 valence electrons. The van der Waals surface area contributed by atoms with Gasteiger partial charge in [0.05, 0.1) is 15.2 Å². The number of hydrogen-bond acceptors (Lipinski definition) is 5. The van der Waals surface area contributed by atoms with Gasteiger partial charge in [0.1, 0.15) is 11.4 Å². The highest BCUT2D eigenvalue weighted by molar-refractivity contribution is 7.92. The van der Waals surface area contributed by atoms with Crippen LogP contribution in [-0.4, -0.2) is 34.6 Å². The molecule has 3 aromatic rings. The van der Waals surface area contributed by atoms with Crippen molar-refractivity contribution in [3.63, 3.8) is 0 Å². The Kier molecular flexibility index (Phi) is 5.93.